The van der Waals surface area contributed by atoms with Crippen LogP contribution in [0.25, 0.3) is 11.3 Å². The lowest BCUT2D eigenvalue weighted by atomic mass is 9.96. The molecule has 2 aromatic rings. The molecule has 0 spiro atoms. The normalized spacial score (nSPS) is 15.6. The molecule has 0 unspecified atom stereocenters. The largest absolute Gasteiger partial charge is 0.443 e. The second-order valence-electron chi connectivity index (χ2n) is 7.65. The molecule has 0 N–H and O–H groups in total. The van der Waals surface area contributed by atoms with Crippen LogP contribution in [-0.2, 0) is 4.74 Å². The predicted molar refractivity (Wildman–Crippen MR) is 106 cm³/mol. The standard InChI is InChI=1S/C23H27NO2/c1-23(2,3)26-22(25)24-17-11-10-16-20(18-12-6-4-7-13-18)21(24)19-14-8-5-9-15-19/h4-9,12-15H,10-11,16-17H2,1-3H3. The van der Waals surface area contributed by atoms with Gasteiger partial charge in [0.2, 0.25) is 0 Å². The molecule has 0 radical (unpaired) electrons. The maximum absolute atomic E-state index is 13.0. The average molecular weight is 349 g/mol. The Hall–Kier alpha value is -2.55. The van der Waals surface area contributed by atoms with Gasteiger partial charge in [0.05, 0.1) is 5.70 Å². The van der Waals surface area contributed by atoms with E-state index in [0.717, 1.165) is 30.5 Å². The Kier molecular flexibility index (Phi) is 5.46. The molecule has 26 heavy (non-hydrogen) atoms. The minimum Gasteiger partial charge on any atom is -0.443 e. The van der Waals surface area contributed by atoms with Gasteiger partial charge in [0, 0.05) is 6.54 Å². The number of carbonyl (C=O) groups excluding carboxylic acids is 1. The summed E-state index contributed by atoms with van der Waals surface area (Å²) >= 11 is 0. The molecule has 3 heteroatoms. The third-order valence-electron chi connectivity index (χ3n) is 4.40. The van der Waals surface area contributed by atoms with Gasteiger partial charge >= 0.3 is 6.09 Å². The molecule has 1 heterocycles. The first-order chi connectivity index (χ1) is 12.5. The van der Waals surface area contributed by atoms with E-state index in [-0.39, 0.29) is 6.09 Å². The van der Waals surface area contributed by atoms with Gasteiger partial charge < -0.3 is 4.74 Å². The summed E-state index contributed by atoms with van der Waals surface area (Å²) in [6.07, 6.45) is 2.70. The number of carbonyl (C=O) groups is 1. The fraction of sp³-hybridized carbons (Fsp3) is 0.348. The van der Waals surface area contributed by atoms with Crippen molar-refractivity contribution in [2.45, 2.75) is 45.6 Å². The number of ether oxygens (including phenoxy) is 1. The van der Waals surface area contributed by atoms with Crippen LogP contribution in [-0.4, -0.2) is 23.1 Å². The molecular weight excluding hydrogens is 322 g/mol. The van der Waals surface area contributed by atoms with Crippen molar-refractivity contribution in [3.8, 4) is 0 Å². The van der Waals surface area contributed by atoms with Gasteiger partial charge in [0.1, 0.15) is 5.60 Å². The van der Waals surface area contributed by atoms with Gasteiger partial charge in [-0.15, -0.1) is 0 Å². The van der Waals surface area contributed by atoms with E-state index in [1.807, 2.05) is 62.1 Å². The summed E-state index contributed by atoms with van der Waals surface area (Å²) in [4.78, 5) is 14.8. The Morgan fingerprint density at radius 2 is 1.46 bits per heavy atom. The maximum atomic E-state index is 13.0. The molecule has 1 aliphatic heterocycles. The molecule has 0 aliphatic carbocycles. The van der Waals surface area contributed by atoms with Gasteiger partial charge in [-0.25, -0.2) is 4.79 Å². The van der Waals surface area contributed by atoms with Crippen LogP contribution in [0.5, 0.6) is 0 Å². The van der Waals surface area contributed by atoms with Crippen molar-refractivity contribution in [3.05, 3.63) is 71.8 Å². The first-order valence-corrected chi connectivity index (χ1v) is 9.30. The first-order valence-electron chi connectivity index (χ1n) is 9.30. The van der Waals surface area contributed by atoms with Crippen molar-refractivity contribution in [2.24, 2.45) is 0 Å². The molecule has 3 nitrogen and oxygen atoms in total. The highest BCUT2D eigenvalue weighted by molar-refractivity contribution is 5.96. The van der Waals surface area contributed by atoms with Gasteiger partial charge in [-0.1, -0.05) is 60.7 Å². The molecule has 1 aliphatic rings. The number of benzene rings is 2. The fourth-order valence-corrected chi connectivity index (χ4v) is 3.31. The van der Waals surface area contributed by atoms with E-state index in [2.05, 4.69) is 24.3 Å². The highest BCUT2D eigenvalue weighted by Crippen LogP contribution is 2.36. The molecule has 2 aromatic carbocycles. The molecule has 0 atom stereocenters. The van der Waals surface area contributed by atoms with Gasteiger partial charge in [0.25, 0.3) is 0 Å². The zero-order valence-corrected chi connectivity index (χ0v) is 15.9. The summed E-state index contributed by atoms with van der Waals surface area (Å²) in [5.41, 5.74) is 3.89. The smallest absolute Gasteiger partial charge is 0.414 e. The van der Waals surface area contributed by atoms with Crippen LogP contribution in [0.1, 0.15) is 51.2 Å². The molecule has 136 valence electrons. The molecule has 0 bridgehead atoms. The molecular formula is C23H27NO2. The van der Waals surface area contributed by atoms with Crippen molar-refractivity contribution >= 4 is 17.4 Å². The summed E-state index contributed by atoms with van der Waals surface area (Å²) in [6, 6.07) is 20.5. The molecule has 0 fully saturated rings. The third-order valence-corrected chi connectivity index (χ3v) is 4.40. The molecule has 1 amide bonds. The summed E-state index contributed by atoms with van der Waals surface area (Å²) in [5, 5.41) is 0. The van der Waals surface area contributed by atoms with Crippen LogP contribution in [0.15, 0.2) is 60.7 Å². The van der Waals surface area contributed by atoms with Crippen LogP contribution >= 0.6 is 0 Å². The number of allylic oxidation sites excluding steroid dienone is 1. The summed E-state index contributed by atoms with van der Waals surface area (Å²) < 4.78 is 5.72. The van der Waals surface area contributed by atoms with Crippen LogP contribution in [0, 0.1) is 0 Å². The third kappa shape index (κ3) is 4.34. The SMILES string of the molecule is CC(C)(C)OC(=O)N1CCCCC(c2ccccc2)=C1c1ccccc1. The quantitative estimate of drug-likeness (QED) is 0.668. The van der Waals surface area contributed by atoms with Gasteiger partial charge in [-0.2, -0.15) is 0 Å². The Balaban J connectivity index is 2.14. The van der Waals surface area contributed by atoms with E-state index in [0.29, 0.717) is 6.54 Å². The lowest BCUT2D eigenvalue weighted by Crippen LogP contribution is -2.36. The first kappa shape index (κ1) is 18.2. The van der Waals surface area contributed by atoms with Gasteiger partial charge in [0.15, 0.2) is 0 Å². The zero-order chi connectivity index (χ0) is 18.6. The maximum Gasteiger partial charge on any atom is 0.414 e. The molecule has 0 aromatic heterocycles. The van der Waals surface area contributed by atoms with Crippen molar-refractivity contribution in [1.29, 1.82) is 0 Å². The number of hydrogen-bond acceptors (Lipinski definition) is 2. The highest BCUT2D eigenvalue weighted by Gasteiger charge is 2.29. The van der Waals surface area contributed by atoms with E-state index in [4.69, 9.17) is 4.74 Å². The number of rotatable bonds is 2. The van der Waals surface area contributed by atoms with Crippen LogP contribution < -0.4 is 0 Å². The monoisotopic (exact) mass is 349 g/mol. The predicted octanol–water partition coefficient (Wildman–Crippen LogP) is 5.98. The number of hydrogen-bond donors (Lipinski definition) is 0. The fourth-order valence-electron chi connectivity index (χ4n) is 3.31. The molecule has 0 saturated carbocycles. The zero-order valence-electron chi connectivity index (χ0n) is 15.9. The van der Waals surface area contributed by atoms with Crippen molar-refractivity contribution < 1.29 is 9.53 Å². The minimum absolute atomic E-state index is 0.272. The van der Waals surface area contributed by atoms with Crippen molar-refractivity contribution in [3.63, 3.8) is 0 Å². The van der Waals surface area contributed by atoms with E-state index >= 15 is 0 Å². The molecule has 0 saturated heterocycles. The van der Waals surface area contributed by atoms with Crippen LogP contribution in [0.3, 0.4) is 0 Å². The van der Waals surface area contributed by atoms with E-state index in [1.54, 1.807) is 0 Å². The Labute approximate surface area is 156 Å². The lowest BCUT2D eigenvalue weighted by Gasteiger charge is -2.30. The minimum atomic E-state index is -0.516. The molecule has 3 rings (SSSR count). The van der Waals surface area contributed by atoms with Crippen molar-refractivity contribution in [2.75, 3.05) is 6.54 Å². The van der Waals surface area contributed by atoms with Crippen molar-refractivity contribution in [1.82, 2.24) is 4.90 Å². The topological polar surface area (TPSA) is 29.5 Å². The van der Waals surface area contributed by atoms with E-state index in [9.17, 15) is 4.79 Å². The van der Waals surface area contributed by atoms with Gasteiger partial charge in [-0.3, -0.25) is 4.90 Å². The Morgan fingerprint density at radius 3 is 2.04 bits per heavy atom. The number of amides is 1. The van der Waals surface area contributed by atoms with Crippen LogP contribution in [0.4, 0.5) is 4.79 Å². The summed E-state index contributed by atoms with van der Waals surface area (Å²) in [7, 11) is 0. The van der Waals surface area contributed by atoms with E-state index < -0.39 is 5.60 Å². The Bertz CT molecular complexity index is 773. The number of nitrogens with zero attached hydrogens (tertiary/aromatic N) is 1. The Morgan fingerprint density at radius 1 is 0.885 bits per heavy atom. The van der Waals surface area contributed by atoms with E-state index in [1.165, 1.54) is 11.1 Å². The van der Waals surface area contributed by atoms with Gasteiger partial charge in [-0.05, 0) is 56.7 Å². The second kappa shape index (κ2) is 7.77. The highest BCUT2D eigenvalue weighted by atomic mass is 16.6. The summed E-state index contributed by atoms with van der Waals surface area (Å²) in [5.74, 6) is 0. The summed E-state index contributed by atoms with van der Waals surface area (Å²) in [6.45, 7) is 6.40. The average Bonchev–Trinajstić information content (AvgIpc) is 2.85. The second-order valence-corrected chi connectivity index (χ2v) is 7.65. The lowest BCUT2D eigenvalue weighted by molar-refractivity contribution is 0.0354. The van der Waals surface area contributed by atoms with Crippen LogP contribution in [0.2, 0.25) is 0 Å².